The molecule has 304 valence electrons. The Morgan fingerprint density at radius 3 is 2.19 bits per heavy atom. The Kier molecular flexibility index (Phi) is 10.7. The summed E-state index contributed by atoms with van der Waals surface area (Å²) in [6.45, 7) is 3.66. The molecule has 0 aromatic heterocycles. The second kappa shape index (κ2) is 15.7. The number of nitrogens with zero attached hydrogens (tertiary/aromatic N) is 1. The normalized spacial score (nSPS) is 29.0. The number of ether oxygens (including phenoxy) is 5. The van der Waals surface area contributed by atoms with E-state index in [9.17, 15) is 24.0 Å². The molecule has 3 aromatic rings. The van der Waals surface area contributed by atoms with Crippen molar-refractivity contribution in [1.82, 2.24) is 15.7 Å². The van der Waals surface area contributed by atoms with Crippen LogP contribution in [-0.2, 0) is 64.8 Å². The SMILES string of the molecule is CC1(C)COC(=O)[C@@H]1OC(=O)C=Cc1ccc(CN2O[C@@H]3[C@H]4OC(c5ccccc5)(c5ccccc5)O[C@H]4[C@H]4C[C@]3(C(=O)NCCC(=O)NCCO)[C@@H]2C(=O)O4)cc1. The molecule has 0 radical (unpaired) electrons. The highest BCUT2D eigenvalue weighted by Crippen LogP contribution is 2.59. The Labute approximate surface area is 334 Å². The average Bonchev–Trinajstić information content (AvgIpc) is 3.88. The smallest absolute Gasteiger partial charge is 0.348 e. The van der Waals surface area contributed by atoms with Crippen molar-refractivity contribution < 1.29 is 57.6 Å². The number of benzene rings is 3. The van der Waals surface area contributed by atoms with Crippen LogP contribution in [0.3, 0.4) is 0 Å². The number of nitrogens with one attached hydrogen (secondary N) is 2. The number of hydrogen-bond acceptors (Lipinski definition) is 13. The summed E-state index contributed by atoms with van der Waals surface area (Å²) < 4.78 is 30.4. The van der Waals surface area contributed by atoms with Crippen LogP contribution in [0.1, 0.15) is 48.9 Å². The van der Waals surface area contributed by atoms with E-state index in [4.69, 9.17) is 33.6 Å². The van der Waals surface area contributed by atoms with Crippen LogP contribution in [0.2, 0.25) is 0 Å². The van der Waals surface area contributed by atoms with E-state index in [1.807, 2.05) is 60.7 Å². The van der Waals surface area contributed by atoms with Crippen LogP contribution in [0.15, 0.2) is 91.0 Å². The highest BCUT2D eigenvalue weighted by atomic mass is 16.8. The molecule has 58 heavy (non-hydrogen) atoms. The Bertz CT molecular complexity index is 2040. The van der Waals surface area contributed by atoms with Crippen LogP contribution in [-0.4, -0.2) is 103 Å². The monoisotopic (exact) mass is 795 g/mol. The van der Waals surface area contributed by atoms with Crippen LogP contribution in [0.25, 0.3) is 6.08 Å². The van der Waals surface area contributed by atoms with Gasteiger partial charge in [-0.2, -0.15) is 5.06 Å². The van der Waals surface area contributed by atoms with Gasteiger partial charge in [-0.3, -0.25) is 19.2 Å². The molecule has 2 bridgehead atoms. The molecule has 7 atom stereocenters. The summed E-state index contributed by atoms with van der Waals surface area (Å²) in [6, 6.07) is 24.8. The minimum Gasteiger partial charge on any atom is -0.462 e. The molecule has 3 N–H and O–H groups in total. The highest BCUT2D eigenvalue weighted by Gasteiger charge is 2.76. The fourth-order valence-corrected chi connectivity index (χ4v) is 8.60. The lowest BCUT2D eigenvalue weighted by Gasteiger charge is -2.48. The zero-order valence-corrected chi connectivity index (χ0v) is 32.0. The minimum absolute atomic E-state index is 0.0224. The molecule has 0 unspecified atom stereocenters. The van der Waals surface area contributed by atoms with Crippen LogP contribution < -0.4 is 10.6 Å². The van der Waals surface area contributed by atoms with Gasteiger partial charge in [-0.1, -0.05) is 98.8 Å². The Balaban J connectivity index is 1.07. The molecule has 1 aliphatic carbocycles. The molecule has 0 spiro atoms. The maximum atomic E-state index is 14.6. The Morgan fingerprint density at radius 1 is 0.879 bits per heavy atom. The molecular weight excluding hydrogens is 750 g/mol. The molecular formula is C43H45N3O12. The van der Waals surface area contributed by atoms with E-state index in [0.29, 0.717) is 16.7 Å². The van der Waals surface area contributed by atoms with Gasteiger partial charge in [0, 0.05) is 48.5 Å². The zero-order valence-electron chi connectivity index (χ0n) is 32.0. The topological polar surface area (TPSA) is 188 Å². The number of aliphatic hydroxyl groups excluding tert-OH is 1. The van der Waals surface area contributed by atoms with Crippen molar-refractivity contribution in [3.63, 3.8) is 0 Å². The molecule has 3 aromatic carbocycles. The van der Waals surface area contributed by atoms with E-state index >= 15 is 0 Å². The number of hydrogen-bond donors (Lipinski definition) is 3. The molecule has 4 heterocycles. The van der Waals surface area contributed by atoms with Crippen molar-refractivity contribution in [3.05, 3.63) is 113 Å². The summed E-state index contributed by atoms with van der Waals surface area (Å²) in [5.41, 5.74) is 0.692. The van der Waals surface area contributed by atoms with E-state index in [2.05, 4.69) is 10.6 Å². The van der Waals surface area contributed by atoms with Crippen molar-refractivity contribution in [1.29, 1.82) is 0 Å². The summed E-state index contributed by atoms with van der Waals surface area (Å²) in [5.74, 6) is -4.16. The van der Waals surface area contributed by atoms with Gasteiger partial charge < -0.3 is 39.4 Å². The number of fused-ring (bicyclic) bond motifs is 4. The first-order valence-corrected chi connectivity index (χ1v) is 19.4. The molecule has 15 heteroatoms. The van der Waals surface area contributed by atoms with E-state index < -0.39 is 77.0 Å². The Morgan fingerprint density at radius 2 is 1.55 bits per heavy atom. The van der Waals surface area contributed by atoms with Crippen molar-refractivity contribution in [2.75, 3.05) is 26.3 Å². The number of esters is 3. The van der Waals surface area contributed by atoms with Gasteiger partial charge in [0.05, 0.1) is 13.2 Å². The predicted molar refractivity (Wildman–Crippen MR) is 202 cm³/mol. The van der Waals surface area contributed by atoms with E-state index in [0.717, 1.165) is 5.56 Å². The van der Waals surface area contributed by atoms with Crippen LogP contribution >= 0.6 is 0 Å². The fourth-order valence-electron chi connectivity index (χ4n) is 8.60. The third kappa shape index (κ3) is 7.06. The van der Waals surface area contributed by atoms with Crippen LogP contribution in [0, 0.1) is 10.8 Å². The number of hydroxylamine groups is 2. The van der Waals surface area contributed by atoms with Crippen LogP contribution in [0.5, 0.6) is 0 Å². The quantitative estimate of drug-likeness (QED) is 0.130. The molecule has 1 saturated carbocycles. The first kappa shape index (κ1) is 39.4. The maximum Gasteiger partial charge on any atom is 0.348 e. The van der Waals surface area contributed by atoms with Crippen LogP contribution in [0.4, 0.5) is 0 Å². The highest BCUT2D eigenvalue weighted by molar-refractivity contribution is 5.94. The number of amides is 2. The summed E-state index contributed by atoms with van der Waals surface area (Å²) in [5, 5.41) is 16.0. The van der Waals surface area contributed by atoms with Crippen molar-refractivity contribution in [2.24, 2.45) is 10.8 Å². The lowest BCUT2D eigenvalue weighted by atomic mass is 9.62. The lowest BCUT2D eigenvalue weighted by Crippen LogP contribution is -2.69. The van der Waals surface area contributed by atoms with Gasteiger partial charge >= 0.3 is 17.9 Å². The standard InChI is InChI=1S/C43H45N3O12/c1-41(2)25-53-39(51)37(41)55-32(49)18-17-26-13-15-27(16-14-26)24-46-35-38(50)54-30-23-42(35,40(52)45-20-19-31(48)44-21-22-47)36(58-46)34-33(30)56-43(57-34,28-9-5-3-6-10-28)29-11-7-4-8-12-29/h3-18,30,33-37,47H,19-25H2,1-2H3,(H,44,48)(H,45,52)/t30-,33+,34+,35+,36-,37+,42+/m1/s1. The molecule has 2 amide bonds. The molecule has 5 fully saturated rings. The van der Waals surface area contributed by atoms with E-state index in [-0.39, 0.29) is 51.6 Å². The van der Waals surface area contributed by atoms with Gasteiger partial charge in [0.15, 0.2) is 6.04 Å². The number of aliphatic hydroxyl groups is 1. The maximum absolute atomic E-state index is 14.6. The first-order valence-electron chi connectivity index (χ1n) is 19.4. The third-order valence-electron chi connectivity index (χ3n) is 11.4. The lowest BCUT2D eigenvalue weighted by molar-refractivity contribution is -0.213. The zero-order chi connectivity index (χ0) is 40.7. The summed E-state index contributed by atoms with van der Waals surface area (Å²) >= 11 is 0. The number of carbonyl (C=O) groups excluding carboxylic acids is 5. The predicted octanol–water partition coefficient (Wildman–Crippen LogP) is 2.29. The largest absolute Gasteiger partial charge is 0.462 e. The van der Waals surface area contributed by atoms with Crippen molar-refractivity contribution in [2.45, 2.75) is 75.6 Å². The minimum atomic E-state index is -1.49. The van der Waals surface area contributed by atoms with Gasteiger partial charge in [-0.15, -0.1) is 0 Å². The molecule has 5 aliphatic rings. The molecule has 15 nitrogen and oxygen atoms in total. The Hall–Kier alpha value is -5.45. The number of rotatable bonds is 13. The number of cyclic esters (lactones) is 1. The van der Waals surface area contributed by atoms with Crippen molar-refractivity contribution in [3.8, 4) is 0 Å². The van der Waals surface area contributed by atoms with Crippen molar-refractivity contribution >= 4 is 35.8 Å². The van der Waals surface area contributed by atoms with Gasteiger partial charge in [-0.05, 0) is 17.2 Å². The van der Waals surface area contributed by atoms with E-state index in [1.165, 1.54) is 11.1 Å². The average molecular weight is 796 g/mol. The molecule has 8 rings (SSSR count). The summed E-state index contributed by atoms with van der Waals surface area (Å²) in [7, 11) is 0. The second-order valence-electron chi connectivity index (χ2n) is 15.8. The van der Waals surface area contributed by atoms with Gasteiger partial charge in [0.25, 0.3) is 0 Å². The molecule has 4 saturated heterocycles. The fraction of sp³-hybridized carbons (Fsp3) is 0.419. The number of carbonyl (C=O) groups is 5. The second-order valence-corrected chi connectivity index (χ2v) is 15.8. The van der Waals surface area contributed by atoms with Gasteiger partial charge in [0.2, 0.25) is 23.7 Å². The van der Waals surface area contributed by atoms with Gasteiger partial charge in [0.1, 0.15) is 36.4 Å². The summed E-state index contributed by atoms with van der Waals surface area (Å²) in [6.07, 6.45) is -1.70. The molecule has 4 aliphatic heterocycles. The summed E-state index contributed by atoms with van der Waals surface area (Å²) in [4.78, 5) is 72.4. The van der Waals surface area contributed by atoms with Gasteiger partial charge in [-0.25, -0.2) is 9.59 Å². The third-order valence-corrected chi connectivity index (χ3v) is 11.4. The first-order chi connectivity index (χ1) is 27.9. The van der Waals surface area contributed by atoms with E-state index in [1.54, 1.807) is 44.2 Å².